The molecule has 2 aliphatic rings. The fraction of sp³-hybridized carbons (Fsp3) is 0.708. The van der Waals surface area contributed by atoms with E-state index in [-0.39, 0.29) is 18.0 Å². The van der Waals surface area contributed by atoms with Crippen molar-refractivity contribution in [1.29, 1.82) is 0 Å². The van der Waals surface area contributed by atoms with Crippen molar-refractivity contribution in [2.45, 2.75) is 96.0 Å². The van der Waals surface area contributed by atoms with Gasteiger partial charge >= 0.3 is 5.97 Å². The standard InChI is InChI=1S/C24H36O2/c1-2-3-5-8-19-11-13-22(14-12-19)24(25)26-23-17-15-21(16-18-23)20-9-6-4-7-10-20/h4,6-7,9-10,19,21-23H,2-3,5,8,11-18H2,1H3. The van der Waals surface area contributed by atoms with Crippen LogP contribution in [0.1, 0.15) is 95.5 Å². The number of carbonyl (C=O) groups excluding carboxylic acids is 1. The van der Waals surface area contributed by atoms with Crippen LogP contribution in [0.15, 0.2) is 30.3 Å². The van der Waals surface area contributed by atoms with Crippen LogP contribution in [0.4, 0.5) is 0 Å². The highest BCUT2D eigenvalue weighted by Crippen LogP contribution is 2.36. The van der Waals surface area contributed by atoms with Gasteiger partial charge in [0.2, 0.25) is 0 Å². The number of ether oxygens (including phenoxy) is 1. The Morgan fingerprint density at radius 3 is 2.27 bits per heavy atom. The minimum atomic E-state index is 0.0974. The lowest BCUT2D eigenvalue weighted by atomic mass is 9.79. The third-order valence-electron chi connectivity index (χ3n) is 6.62. The minimum Gasteiger partial charge on any atom is -0.462 e. The Morgan fingerprint density at radius 1 is 0.923 bits per heavy atom. The maximum absolute atomic E-state index is 12.6. The molecule has 0 aliphatic heterocycles. The van der Waals surface area contributed by atoms with Gasteiger partial charge in [-0.2, -0.15) is 0 Å². The normalized spacial score (nSPS) is 29.3. The summed E-state index contributed by atoms with van der Waals surface area (Å²) in [6.07, 6.45) is 14.4. The van der Waals surface area contributed by atoms with Crippen molar-refractivity contribution in [2.75, 3.05) is 0 Å². The second-order valence-corrected chi connectivity index (χ2v) is 8.53. The average molecular weight is 357 g/mol. The first-order chi connectivity index (χ1) is 12.8. The monoisotopic (exact) mass is 356 g/mol. The van der Waals surface area contributed by atoms with Gasteiger partial charge in [0.1, 0.15) is 6.10 Å². The van der Waals surface area contributed by atoms with Crippen molar-refractivity contribution in [3.8, 4) is 0 Å². The van der Waals surface area contributed by atoms with E-state index >= 15 is 0 Å². The summed E-state index contributed by atoms with van der Waals surface area (Å²) < 4.78 is 5.91. The Balaban J connectivity index is 1.36. The summed E-state index contributed by atoms with van der Waals surface area (Å²) in [4.78, 5) is 12.6. The molecule has 2 heteroatoms. The number of hydrogen-bond donors (Lipinski definition) is 0. The second kappa shape index (κ2) is 10.1. The summed E-state index contributed by atoms with van der Waals surface area (Å²) in [6, 6.07) is 10.8. The van der Waals surface area contributed by atoms with Crippen molar-refractivity contribution in [3.05, 3.63) is 35.9 Å². The molecule has 2 fully saturated rings. The molecule has 144 valence electrons. The lowest BCUT2D eigenvalue weighted by Crippen LogP contribution is -2.29. The molecule has 0 unspecified atom stereocenters. The lowest BCUT2D eigenvalue weighted by molar-refractivity contribution is -0.157. The smallest absolute Gasteiger partial charge is 0.309 e. The van der Waals surface area contributed by atoms with Gasteiger partial charge in [-0.05, 0) is 68.8 Å². The summed E-state index contributed by atoms with van der Waals surface area (Å²) in [7, 11) is 0. The predicted octanol–water partition coefficient (Wildman–Crippen LogP) is 6.64. The summed E-state index contributed by atoms with van der Waals surface area (Å²) in [5.74, 6) is 1.76. The number of hydrogen-bond acceptors (Lipinski definition) is 2. The first kappa shape index (κ1) is 19.5. The number of carbonyl (C=O) groups is 1. The Hall–Kier alpha value is -1.31. The molecule has 0 atom stereocenters. The lowest BCUT2D eigenvalue weighted by Gasteiger charge is -2.31. The van der Waals surface area contributed by atoms with E-state index in [0.717, 1.165) is 44.4 Å². The molecule has 0 saturated heterocycles. The van der Waals surface area contributed by atoms with Crippen LogP contribution < -0.4 is 0 Å². The predicted molar refractivity (Wildman–Crippen MR) is 107 cm³/mol. The van der Waals surface area contributed by atoms with Crippen LogP contribution in [0.3, 0.4) is 0 Å². The fourth-order valence-corrected chi connectivity index (χ4v) is 4.87. The molecule has 2 nitrogen and oxygen atoms in total. The summed E-state index contributed by atoms with van der Waals surface area (Å²) in [5, 5.41) is 0. The fourth-order valence-electron chi connectivity index (χ4n) is 4.87. The molecular formula is C24H36O2. The van der Waals surface area contributed by atoms with E-state index in [1.807, 2.05) is 0 Å². The number of rotatable bonds is 7. The third kappa shape index (κ3) is 5.59. The van der Waals surface area contributed by atoms with Crippen molar-refractivity contribution >= 4 is 5.97 Å². The number of unbranched alkanes of at least 4 members (excludes halogenated alkanes) is 2. The topological polar surface area (TPSA) is 26.3 Å². The maximum atomic E-state index is 12.6. The minimum absolute atomic E-state index is 0.0974. The number of esters is 1. The molecule has 26 heavy (non-hydrogen) atoms. The zero-order chi connectivity index (χ0) is 18.2. The molecule has 3 rings (SSSR count). The van der Waals surface area contributed by atoms with Gasteiger partial charge in [-0.1, -0.05) is 62.9 Å². The highest BCUT2D eigenvalue weighted by molar-refractivity contribution is 5.72. The van der Waals surface area contributed by atoms with E-state index in [9.17, 15) is 4.79 Å². The maximum Gasteiger partial charge on any atom is 0.309 e. The average Bonchev–Trinajstić information content (AvgIpc) is 2.70. The first-order valence-corrected chi connectivity index (χ1v) is 11.0. The van der Waals surface area contributed by atoms with Gasteiger partial charge in [0.15, 0.2) is 0 Å². The van der Waals surface area contributed by atoms with E-state index in [2.05, 4.69) is 37.3 Å². The molecule has 0 heterocycles. The van der Waals surface area contributed by atoms with Crippen LogP contribution in [0.2, 0.25) is 0 Å². The SMILES string of the molecule is CCCCCC1CCC(C(=O)OC2CCC(c3ccccc3)CC2)CC1. The van der Waals surface area contributed by atoms with E-state index in [4.69, 9.17) is 4.74 Å². The molecule has 0 radical (unpaired) electrons. The zero-order valence-electron chi connectivity index (χ0n) is 16.5. The van der Waals surface area contributed by atoms with E-state index in [1.54, 1.807) is 0 Å². The highest BCUT2D eigenvalue weighted by atomic mass is 16.5. The molecule has 1 aromatic carbocycles. The molecule has 1 aromatic rings. The zero-order valence-corrected chi connectivity index (χ0v) is 16.5. The number of benzene rings is 1. The van der Waals surface area contributed by atoms with Crippen molar-refractivity contribution in [3.63, 3.8) is 0 Å². The largest absolute Gasteiger partial charge is 0.462 e. The van der Waals surface area contributed by atoms with Crippen LogP contribution in [0.5, 0.6) is 0 Å². The molecule has 0 N–H and O–H groups in total. The van der Waals surface area contributed by atoms with Gasteiger partial charge in [0, 0.05) is 0 Å². The molecule has 0 aromatic heterocycles. The summed E-state index contributed by atoms with van der Waals surface area (Å²) in [5.41, 5.74) is 1.44. The van der Waals surface area contributed by atoms with E-state index in [0.29, 0.717) is 5.92 Å². The summed E-state index contributed by atoms with van der Waals surface area (Å²) >= 11 is 0. The van der Waals surface area contributed by atoms with Crippen LogP contribution in [-0.4, -0.2) is 12.1 Å². The van der Waals surface area contributed by atoms with Crippen molar-refractivity contribution in [2.24, 2.45) is 11.8 Å². The van der Waals surface area contributed by atoms with Gasteiger partial charge in [-0.3, -0.25) is 4.79 Å². The van der Waals surface area contributed by atoms with Crippen molar-refractivity contribution < 1.29 is 9.53 Å². The van der Waals surface area contributed by atoms with Gasteiger partial charge in [0.05, 0.1) is 5.92 Å². The van der Waals surface area contributed by atoms with E-state index < -0.39 is 0 Å². The van der Waals surface area contributed by atoms with Crippen LogP contribution in [0.25, 0.3) is 0 Å². The molecular weight excluding hydrogens is 320 g/mol. The molecule has 0 bridgehead atoms. The highest BCUT2D eigenvalue weighted by Gasteiger charge is 2.30. The van der Waals surface area contributed by atoms with Gasteiger partial charge < -0.3 is 4.74 Å². The van der Waals surface area contributed by atoms with Gasteiger partial charge in [-0.25, -0.2) is 0 Å². The molecule has 2 aliphatic carbocycles. The quantitative estimate of drug-likeness (QED) is 0.404. The Labute approximate surface area is 159 Å². The summed E-state index contributed by atoms with van der Waals surface area (Å²) in [6.45, 7) is 2.26. The van der Waals surface area contributed by atoms with Gasteiger partial charge in [0.25, 0.3) is 0 Å². The van der Waals surface area contributed by atoms with Crippen LogP contribution in [-0.2, 0) is 9.53 Å². The third-order valence-corrected chi connectivity index (χ3v) is 6.62. The Morgan fingerprint density at radius 2 is 1.62 bits per heavy atom. The molecule has 0 amide bonds. The second-order valence-electron chi connectivity index (χ2n) is 8.53. The Kier molecular flexibility index (Phi) is 7.58. The van der Waals surface area contributed by atoms with Crippen LogP contribution >= 0.6 is 0 Å². The molecule has 0 spiro atoms. The first-order valence-electron chi connectivity index (χ1n) is 11.0. The van der Waals surface area contributed by atoms with Crippen LogP contribution in [0, 0.1) is 11.8 Å². The van der Waals surface area contributed by atoms with E-state index in [1.165, 1.54) is 44.1 Å². The van der Waals surface area contributed by atoms with Crippen molar-refractivity contribution in [1.82, 2.24) is 0 Å². The Bertz CT molecular complexity index is 522. The van der Waals surface area contributed by atoms with Gasteiger partial charge in [-0.15, -0.1) is 0 Å². The molecule has 2 saturated carbocycles.